The predicted octanol–water partition coefficient (Wildman–Crippen LogP) is 5.61. The molecule has 0 saturated carbocycles. The smallest absolute Gasteiger partial charge is 0.319 e. The van der Waals surface area contributed by atoms with Crippen molar-refractivity contribution >= 4 is 55.0 Å². The number of halogens is 2. The molecule has 6 heterocycles. The third kappa shape index (κ3) is 4.34. The second-order valence-electron chi connectivity index (χ2n) is 12.6. The highest BCUT2D eigenvalue weighted by atomic mass is 35.5. The summed E-state index contributed by atoms with van der Waals surface area (Å²) in [5, 5.41) is 1.03. The first-order valence-electron chi connectivity index (χ1n) is 15.2. The molecule has 0 spiro atoms. The van der Waals surface area contributed by atoms with Gasteiger partial charge in [-0.05, 0) is 63.6 Å². The van der Waals surface area contributed by atoms with Crippen LogP contribution in [0.3, 0.4) is 0 Å². The van der Waals surface area contributed by atoms with Gasteiger partial charge in [0.1, 0.15) is 24.5 Å². The maximum absolute atomic E-state index is 17.0. The zero-order chi connectivity index (χ0) is 29.5. The number of aromatic nitrogens is 3. The molecule has 4 N–H and O–H groups in total. The van der Waals surface area contributed by atoms with E-state index in [9.17, 15) is 0 Å². The lowest BCUT2D eigenvalue weighted by Gasteiger charge is -2.34. The summed E-state index contributed by atoms with van der Waals surface area (Å²) in [6.07, 6.45) is 6.33. The first-order chi connectivity index (χ1) is 20.8. The van der Waals surface area contributed by atoms with Crippen LogP contribution in [-0.4, -0.2) is 70.3 Å². The van der Waals surface area contributed by atoms with Gasteiger partial charge in [0, 0.05) is 23.7 Å². The van der Waals surface area contributed by atoms with Gasteiger partial charge in [0.25, 0.3) is 0 Å². The van der Waals surface area contributed by atoms with E-state index < -0.39 is 5.82 Å². The van der Waals surface area contributed by atoms with E-state index in [1.165, 1.54) is 11.3 Å². The van der Waals surface area contributed by atoms with Gasteiger partial charge < -0.3 is 25.8 Å². The summed E-state index contributed by atoms with van der Waals surface area (Å²) in [7, 11) is 0. The van der Waals surface area contributed by atoms with Crippen LogP contribution in [0.15, 0.2) is 18.2 Å². The van der Waals surface area contributed by atoms with Crippen LogP contribution in [0.5, 0.6) is 11.8 Å². The van der Waals surface area contributed by atoms with Gasteiger partial charge >= 0.3 is 6.01 Å². The van der Waals surface area contributed by atoms with Gasteiger partial charge in [0.2, 0.25) is 0 Å². The van der Waals surface area contributed by atoms with Crippen molar-refractivity contribution in [2.24, 2.45) is 11.7 Å². The van der Waals surface area contributed by atoms with E-state index in [4.69, 9.17) is 42.5 Å². The highest BCUT2D eigenvalue weighted by molar-refractivity contribution is 7.22. The SMILES string of the molecule is C[C@H]1CC[C@@H](N)CN2c3nc(OCC45CCCN4CCC5)nc4c(F)c(-c5cccc6sc(N)nc56)c(Cl)c(c34)OC[C@H]12. The summed E-state index contributed by atoms with van der Waals surface area (Å²) >= 11 is 8.45. The Kier molecular flexibility index (Phi) is 6.59. The zero-order valence-electron chi connectivity index (χ0n) is 24.1. The van der Waals surface area contributed by atoms with Gasteiger partial charge in [-0.25, -0.2) is 9.37 Å². The molecule has 0 amide bonds. The average molecular weight is 624 g/mol. The zero-order valence-corrected chi connectivity index (χ0v) is 25.7. The number of fused-ring (bicyclic) bond motifs is 4. The topological polar surface area (TPSA) is 116 Å². The van der Waals surface area contributed by atoms with Crippen molar-refractivity contribution in [3.63, 3.8) is 0 Å². The van der Waals surface area contributed by atoms with Crippen molar-refractivity contribution in [1.82, 2.24) is 19.9 Å². The van der Waals surface area contributed by atoms with Crippen molar-refractivity contribution < 1.29 is 13.9 Å². The summed E-state index contributed by atoms with van der Waals surface area (Å²) in [5.41, 5.74) is 14.1. The molecule has 226 valence electrons. The predicted molar refractivity (Wildman–Crippen MR) is 169 cm³/mol. The van der Waals surface area contributed by atoms with Gasteiger partial charge in [-0.3, -0.25) is 4.90 Å². The molecule has 43 heavy (non-hydrogen) atoms. The van der Waals surface area contributed by atoms with E-state index in [1.54, 1.807) is 0 Å². The molecule has 2 aromatic heterocycles. The molecular weight excluding hydrogens is 589 g/mol. The second kappa shape index (κ2) is 10.3. The van der Waals surface area contributed by atoms with Gasteiger partial charge in [0.15, 0.2) is 16.7 Å². The Morgan fingerprint density at radius 2 is 1.98 bits per heavy atom. The largest absolute Gasteiger partial charge is 0.489 e. The number of nitrogen functional groups attached to an aromatic ring is 1. The van der Waals surface area contributed by atoms with Gasteiger partial charge in [0.05, 0.1) is 32.2 Å². The van der Waals surface area contributed by atoms with Crippen LogP contribution in [0.4, 0.5) is 15.3 Å². The lowest BCUT2D eigenvalue weighted by molar-refractivity contribution is 0.108. The van der Waals surface area contributed by atoms with Crippen molar-refractivity contribution in [1.29, 1.82) is 0 Å². The Labute approximate surface area is 258 Å². The minimum atomic E-state index is -0.563. The number of anilines is 2. The van der Waals surface area contributed by atoms with Crippen molar-refractivity contribution in [2.75, 3.05) is 43.5 Å². The highest BCUT2D eigenvalue weighted by Crippen LogP contribution is 2.50. The number of rotatable bonds is 4. The normalized spacial score (nSPS) is 24.9. The van der Waals surface area contributed by atoms with E-state index in [0.29, 0.717) is 52.9 Å². The molecule has 0 unspecified atom stereocenters. The van der Waals surface area contributed by atoms with E-state index >= 15 is 4.39 Å². The first kappa shape index (κ1) is 27.6. The number of ether oxygens (including phenoxy) is 2. The molecule has 3 atom stereocenters. The second-order valence-corrected chi connectivity index (χ2v) is 14.1. The summed E-state index contributed by atoms with van der Waals surface area (Å²) in [6, 6.07) is 5.67. The van der Waals surface area contributed by atoms with Crippen LogP contribution in [0.25, 0.3) is 32.2 Å². The Hall–Kier alpha value is -2.99. The third-order valence-electron chi connectivity index (χ3n) is 10.1. The fourth-order valence-corrected chi connectivity index (χ4v) is 8.92. The molecule has 0 aliphatic carbocycles. The molecule has 9 nitrogen and oxygen atoms in total. The van der Waals surface area contributed by atoms with Crippen LogP contribution in [0.2, 0.25) is 5.02 Å². The maximum atomic E-state index is 17.0. The van der Waals surface area contributed by atoms with Crippen LogP contribution in [-0.2, 0) is 0 Å². The van der Waals surface area contributed by atoms with E-state index in [1.807, 2.05) is 18.2 Å². The Balaban J connectivity index is 1.34. The Morgan fingerprint density at radius 3 is 2.79 bits per heavy atom. The van der Waals surface area contributed by atoms with E-state index in [-0.39, 0.29) is 45.7 Å². The monoisotopic (exact) mass is 623 g/mol. The van der Waals surface area contributed by atoms with Crippen LogP contribution < -0.4 is 25.8 Å². The summed E-state index contributed by atoms with van der Waals surface area (Å²) in [6.45, 7) is 5.79. The number of para-hydroxylation sites is 1. The number of hydrogen-bond acceptors (Lipinski definition) is 10. The molecule has 3 saturated heterocycles. The van der Waals surface area contributed by atoms with Gasteiger partial charge in [-0.2, -0.15) is 9.97 Å². The minimum Gasteiger partial charge on any atom is -0.489 e. The summed E-state index contributed by atoms with van der Waals surface area (Å²) in [5.74, 6) is 0.654. The molecule has 4 aliphatic rings. The third-order valence-corrected chi connectivity index (χ3v) is 11.3. The maximum Gasteiger partial charge on any atom is 0.319 e. The number of nitrogens with two attached hydrogens (primary N) is 2. The highest BCUT2D eigenvalue weighted by Gasteiger charge is 2.45. The Bertz CT molecular complexity index is 1740. The fourth-order valence-electron chi connectivity index (χ4n) is 7.83. The number of thiazole rings is 1. The minimum absolute atomic E-state index is 0.00733. The van der Waals surface area contributed by atoms with Gasteiger partial charge in [-0.15, -0.1) is 0 Å². The lowest BCUT2D eigenvalue weighted by Crippen LogP contribution is -2.46. The molecule has 0 bridgehead atoms. The van der Waals surface area contributed by atoms with Crippen LogP contribution >= 0.6 is 22.9 Å². The molecule has 12 heteroatoms. The molecule has 3 fully saturated rings. The lowest BCUT2D eigenvalue weighted by atomic mass is 9.95. The number of hydrogen-bond donors (Lipinski definition) is 2. The molecule has 4 aliphatic heterocycles. The number of nitrogens with zero attached hydrogens (tertiary/aromatic N) is 5. The molecule has 8 rings (SSSR count). The quantitative estimate of drug-likeness (QED) is 0.299. The van der Waals surface area contributed by atoms with E-state index in [0.717, 1.165) is 56.3 Å². The Morgan fingerprint density at radius 1 is 1.16 bits per heavy atom. The van der Waals surface area contributed by atoms with Crippen LogP contribution in [0.1, 0.15) is 45.4 Å². The standard InChI is InChI=1S/C31H35ClFN7O2S/c1-16-7-8-17(34)13-40-19(16)14-41-27-22-26(24(33)21(23(27)32)18-5-2-6-20-25(18)36-29(35)43-20)37-30(38-28(22)40)42-15-31-9-3-11-39(31)12-4-10-31/h2,5-6,16-17,19H,3-4,7-15,34H2,1H3,(H2,35,36)/t16-,17+,19+/m0/s1. The molecular formula is C31H35ClFN7O2S. The summed E-state index contributed by atoms with van der Waals surface area (Å²) in [4.78, 5) is 18.9. The molecule has 4 aromatic rings. The van der Waals surface area contributed by atoms with Crippen molar-refractivity contribution in [2.45, 2.75) is 63.1 Å². The van der Waals surface area contributed by atoms with E-state index in [2.05, 4.69) is 21.7 Å². The van der Waals surface area contributed by atoms with Crippen molar-refractivity contribution in [3.8, 4) is 22.9 Å². The number of benzene rings is 2. The molecule has 2 aromatic carbocycles. The summed E-state index contributed by atoms with van der Waals surface area (Å²) < 4.78 is 30.8. The molecule has 0 radical (unpaired) electrons. The average Bonchev–Trinajstić information content (AvgIpc) is 3.63. The first-order valence-corrected chi connectivity index (χ1v) is 16.4. The fraction of sp³-hybridized carbons (Fsp3) is 0.516. The van der Waals surface area contributed by atoms with Gasteiger partial charge in [-0.1, -0.05) is 42.0 Å². The van der Waals surface area contributed by atoms with Crippen LogP contribution in [0, 0.1) is 11.7 Å². The van der Waals surface area contributed by atoms with Crippen molar-refractivity contribution in [3.05, 3.63) is 29.0 Å².